The quantitative estimate of drug-likeness (QED) is 0.809. The van der Waals surface area contributed by atoms with Crippen LogP contribution in [0.25, 0.3) is 0 Å². The van der Waals surface area contributed by atoms with Gasteiger partial charge in [-0.05, 0) is 35.9 Å². The molecule has 1 aromatic rings. The fourth-order valence-electron chi connectivity index (χ4n) is 1.79. The molecule has 0 aliphatic carbocycles. The van der Waals surface area contributed by atoms with Crippen molar-refractivity contribution in [3.63, 3.8) is 0 Å². The first-order valence-corrected chi connectivity index (χ1v) is 6.85. The van der Waals surface area contributed by atoms with E-state index < -0.39 is 0 Å². The van der Waals surface area contributed by atoms with Crippen LogP contribution in [0.2, 0.25) is 5.02 Å². The molecule has 1 fully saturated rings. The topological polar surface area (TPSA) is 12.0 Å². The molecule has 1 nitrogen and oxygen atoms in total. The Hall–Kier alpha value is -0.180. The zero-order valence-electron chi connectivity index (χ0n) is 8.87. The van der Waals surface area contributed by atoms with Crippen LogP contribution in [0.1, 0.15) is 18.5 Å². The molecule has 1 heterocycles. The largest absolute Gasteiger partial charge is 0.309 e. The van der Waals surface area contributed by atoms with Gasteiger partial charge in [-0.1, -0.05) is 30.7 Å². The minimum atomic E-state index is 0.457. The van der Waals surface area contributed by atoms with Gasteiger partial charge >= 0.3 is 0 Å². The molecule has 1 aromatic carbocycles. The highest BCUT2D eigenvalue weighted by Gasteiger charge is 2.17. The molecule has 2 unspecified atom stereocenters. The summed E-state index contributed by atoms with van der Waals surface area (Å²) in [5, 5.41) is 4.43. The van der Waals surface area contributed by atoms with Crippen LogP contribution in [0.5, 0.6) is 0 Å². The fraction of sp³-hybridized carbons (Fsp3) is 0.500. The first-order valence-electron chi connectivity index (χ1n) is 5.32. The summed E-state index contributed by atoms with van der Waals surface area (Å²) in [6, 6.07) is 8.63. The highest BCUT2D eigenvalue weighted by Crippen LogP contribution is 2.25. The van der Waals surface area contributed by atoms with Crippen molar-refractivity contribution in [3.8, 4) is 0 Å². The van der Waals surface area contributed by atoms with Crippen molar-refractivity contribution in [2.75, 3.05) is 18.1 Å². The second kappa shape index (κ2) is 5.24. The zero-order valence-corrected chi connectivity index (χ0v) is 10.4. The Labute approximate surface area is 101 Å². The van der Waals surface area contributed by atoms with Crippen LogP contribution >= 0.6 is 23.4 Å². The van der Waals surface area contributed by atoms with Crippen LogP contribution < -0.4 is 5.32 Å². The number of hydrogen-bond donors (Lipinski definition) is 1. The highest BCUT2D eigenvalue weighted by molar-refractivity contribution is 7.99. The van der Waals surface area contributed by atoms with E-state index >= 15 is 0 Å². The number of nitrogens with one attached hydrogen (secondary N) is 1. The van der Waals surface area contributed by atoms with Gasteiger partial charge in [-0.3, -0.25) is 0 Å². The maximum atomic E-state index is 6.00. The minimum Gasteiger partial charge on any atom is -0.309 e. The van der Waals surface area contributed by atoms with Gasteiger partial charge in [0.2, 0.25) is 0 Å². The summed E-state index contributed by atoms with van der Waals surface area (Å²) in [6.45, 7) is 3.39. The first kappa shape index (κ1) is 11.3. The lowest BCUT2D eigenvalue weighted by Gasteiger charge is -2.16. The van der Waals surface area contributed by atoms with E-state index in [2.05, 4.69) is 24.4 Å². The Morgan fingerprint density at radius 3 is 3.07 bits per heavy atom. The third kappa shape index (κ3) is 3.13. The standard InChI is InChI=1S/C12H16ClNS/c1-9-6-14-12(8-15-7-9)10-3-2-4-11(13)5-10/h2-5,9,12,14H,6-8H2,1H3. The van der Waals surface area contributed by atoms with E-state index in [-0.39, 0.29) is 0 Å². The molecule has 0 aromatic heterocycles. The van der Waals surface area contributed by atoms with Crippen molar-refractivity contribution < 1.29 is 0 Å². The van der Waals surface area contributed by atoms with Gasteiger partial charge in [0.25, 0.3) is 0 Å². The summed E-state index contributed by atoms with van der Waals surface area (Å²) in [5.74, 6) is 3.16. The monoisotopic (exact) mass is 241 g/mol. The van der Waals surface area contributed by atoms with E-state index in [1.54, 1.807) is 0 Å². The highest BCUT2D eigenvalue weighted by atomic mass is 35.5. The number of halogens is 1. The van der Waals surface area contributed by atoms with Gasteiger partial charge in [-0.2, -0.15) is 11.8 Å². The molecule has 1 aliphatic rings. The lowest BCUT2D eigenvalue weighted by atomic mass is 10.1. The van der Waals surface area contributed by atoms with Gasteiger partial charge in [0, 0.05) is 16.8 Å². The SMILES string of the molecule is CC1CNC(c2cccc(Cl)c2)CSC1. The van der Waals surface area contributed by atoms with Gasteiger partial charge in [0.05, 0.1) is 0 Å². The van der Waals surface area contributed by atoms with Crippen LogP contribution in [-0.2, 0) is 0 Å². The Balaban J connectivity index is 2.09. The van der Waals surface area contributed by atoms with E-state index in [1.165, 1.54) is 11.3 Å². The van der Waals surface area contributed by atoms with Gasteiger partial charge in [0.15, 0.2) is 0 Å². The lowest BCUT2D eigenvalue weighted by Crippen LogP contribution is -2.25. The zero-order chi connectivity index (χ0) is 10.7. The molecule has 0 spiro atoms. The summed E-state index contributed by atoms with van der Waals surface area (Å²) >= 11 is 8.03. The van der Waals surface area contributed by atoms with Gasteiger partial charge in [-0.25, -0.2) is 0 Å². The van der Waals surface area contributed by atoms with Gasteiger partial charge in [-0.15, -0.1) is 0 Å². The Morgan fingerprint density at radius 1 is 1.40 bits per heavy atom. The van der Waals surface area contributed by atoms with Crippen LogP contribution in [0.15, 0.2) is 24.3 Å². The summed E-state index contributed by atoms with van der Waals surface area (Å²) in [7, 11) is 0. The number of thioether (sulfide) groups is 1. The molecule has 2 rings (SSSR count). The Kier molecular flexibility index (Phi) is 3.95. The van der Waals surface area contributed by atoms with Crippen molar-refractivity contribution in [1.29, 1.82) is 0 Å². The average Bonchev–Trinajstić information content (AvgIpc) is 2.43. The molecule has 15 heavy (non-hydrogen) atoms. The van der Waals surface area contributed by atoms with Crippen molar-refractivity contribution in [2.24, 2.45) is 5.92 Å². The van der Waals surface area contributed by atoms with Crippen LogP contribution in [0.4, 0.5) is 0 Å². The molecule has 0 bridgehead atoms. The molecule has 1 aliphatic heterocycles. The molecule has 0 saturated carbocycles. The number of rotatable bonds is 1. The second-order valence-electron chi connectivity index (χ2n) is 4.16. The molecule has 3 heteroatoms. The first-order chi connectivity index (χ1) is 7.25. The third-order valence-electron chi connectivity index (χ3n) is 2.65. The molecular weight excluding hydrogens is 226 g/mol. The smallest absolute Gasteiger partial charge is 0.0412 e. The van der Waals surface area contributed by atoms with E-state index in [4.69, 9.17) is 11.6 Å². The van der Waals surface area contributed by atoms with Gasteiger partial charge in [0.1, 0.15) is 0 Å². The molecule has 2 atom stereocenters. The minimum absolute atomic E-state index is 0.457. The third-order valence-corrected chi connectivity index (χ3v) is 4.26. The summed E-state index contributed by atoms with van der Waals surface area (Å²) in [6.07, 6.45) is 0. The average molecular weight is 242 g/mol. The van der Waals surface area contributed by atoms with Crippen molar-refractivity contribution in [1.82, 2.24) is 5.32 Å². The molecule has 82 valence electrons. The van der Waals surface area contributed by atoms with Crippen molar-refractivity contribution in [3.05, 3.63) is 34.9 Å². The predicted octanol–water partition coefficient (Wildman–Crippen LogP) is 3.35. The molecule has 0 radical (unpaired) electrons. The number of benzene rings is 1. The Bertz CT molecular complexity index is 329. The van der Waals surface area contributed by atoms with E-state index in [9.17, 15) is 0 Å². The summed E-state index contributed by atoms with van der Waals surface area (Å²) in [5.41, 5.74) is 1.31. The van der Waals surface area contributed by atoms with Crippen LogP contribution in [0.3, 0.4) is 0 Å². The lowest BCUT2D eigenvalue weighted by molar-refractivity contribution is 0.518. The molecule has 0 amide bonds. The normalized spacial score (nSPS) is 27.3. The van der Waals surface area contributed by atoms with Crippen molar-refractivity contribution in [2.45, 2.75) is 13.0 Å². The van der Waals surface area contributed by atoms with Crippen LogP contribution in [0, 0.1) is 5.92 Å². The second-order valence-corrected chi connectivity index (χ2v) is 5.67. The van der Waals surface area contributed by atoms with Crippen molar-refractivity contribution >= 4 is 23.4 Å². The predicted molar refractivity (Wildman–Crippen MR) is 68.7 cm³/mol. The number of hydrogen-bond acceptors (Lipinski definition) is 2. The Morgan fingerprint density at radius 2 is 2.27 bits per heavy atom. The molecular formula is C12H16ClNS. The van der Waals surface area contributed by atoms with E-state index in [1.807, 2.05) is 23.9 Å². The summed E-state index contributed by atoms with van der Waals surface area (Å²) in [4.78, 5) is 0. The maximum absolute atomic E-state index is 6.00. The fourth-order valence-corrected chi connectivity index (χ4v) is 3.19. The van der Waals surface area contributed by atoms with E-state index in [0.717, 1.165) is 23.2 Å². The van der Waals surface area contributed by atoms with E-state index in [0.29, 0.717) is 6.04 Å². The molecule has 1 N–H and O–H groups in total. The maximum Gasteiger partial charge on any atom is 0.0412 e. The van der Waals surface area contributed by atoms with Crippen LogP contribution in [-0.4, -0.2) is 18.1 Å². The molecule has 1 saturated heterocycles. The summed E-state index contributed by atoms with van der Waals surface area (Å²) < 4.78 is 0. The van der Waals surface area contributed by atoms with Gasteiger partial charge < -0.3 is 5.32 Å².